The predicted molar refractivity (Wildman–Crippen MR) is 102 cm³/mol. The van der Waals surface area contributed by atoms with E-state index in [1.165, 1.54) is 44.1 Å². The minimum atomic E-state index is -0.232. The van der Waals surface area contributed by atoms with Crippen LogP contribution in [0, 0.1) is 11.7 Å². The summed E-state index contributed by atoms with van der Waals surface area (Å²) >= 11 is 0. The van der Waals surface area contributed by atoms with Gasteiger partial charge in [-0.1, -0.05) is 56.2 Å². The molecule has 3 rings (SSSR count). The summed E-state index contributed by atoms with van der Waals surface area (Å²) in [6, 6.07) is 14.0. The lowest BCUT2D eigenvalue weighted by molar-refractivity contribution is 0.297. The fourth-order valence-electron chi connectivity index (χ4n) is 4.19. The summed E-state index contributed by atoms with van der Waals surface area (Å²) in [4.78, 5) is 0. The van der Waals surface area contributed by atoms with E-state index in [1.807, 2.05) is 6.07 Å². The van der Waals surface area contributed by atoms with Gasteiger partial charge in [0.15, 0.2) is 0 Å². The Morgan fingerprint density at radius 3 is 2.24 bits per heavy atom. The molecule has 1 fully saturated rings. The van der Waals surface area contributed by atoms with Gasteiger partial charge in [-0.15, -0.1) is 0 Å². The van der Waals surface area contributed by atoms with Crippen LogP contribution >= 0.6 is 0 Å². The Kier molecular flexibility index (Phi) is 6.25. The molecule has 0 bridgehead atoms. The van der Waals surface area contributed by atoms with E-state index < -0.39 is 0 Å². The normalized spacial score (nSPS) is 20.6. The predicted octanol–water partition coefficient (Wildman–Crippen LogP) is 6.10. The molecule has 1 aliphatic carbocycles. The Morgan fingerprint density at radius 1 is 0.960 bits per heavy atom. The van der Waals surface area contributed by atoms with Crippen molar-refractivity contribution in [2.24, 2.45) is 5.92 Å². The first-order valence-corrected chi connectivity index (χ1v) is 9.71. The number of aliphatic hydroxyl groups is 1. The maximum atomic E-state index is 14.1. The van der Waals surface area contributed by atoms with Crippen molar-refractivity contribution in [1.29, 1.82) is 0 Å². The van der Waals surface area contributed by atoms with Crippen LogP contribution in [0.5, 0.6) is 0 Å². The molecular formula is C23H29FO. The third-order valence-corrected chi connectivity index (χ3v) is 5.69. The summed E-state index contributed by atoms with van der Waals surface area (Å²) in [7, 11) is 0. The zero-order chi connectivity index (χ0) is 17.6. The fourth-order valence-corrected chi connectivity index (χ4v) is 4.19. The van der Waals surface area contributed by atoms with Gasteiger partial charge >= 0.3 is 0 Å². The van der Waals surface area contributed by atoms with Crippen LogP contribution in [0.1, 0.15) is 62.5 Å². The van der Waals surface area contributed by atoms with Gasteiger partial charge in [-0.2, -0.15) is 0 Å². The first-order chi connectivity index (χ1) is 12.2. The van der Waals surface area contributed by atoms with Gasteiger partial charge in [0.1, 0.15) is 5.82 Å². The third-order valence-electron chi connectivity index (χ3n) is 5.69. The first-order valence-electron chi connectivity index (χ1n) is 9.71. The van der Waals surface area contributed by atoms with E-state index in [4.69, 9.17) is 5.11 Å². The number of aliphatic hydroxyl groups excluding tert-OH is 1. The molecule has 0 saturated heterocycles. The molecule has 0 aromatic heterocycles. The molecule has 0 radical (unpaired) electrons. The molecule has 0 unspecified atom stereocenters. The number of hydrogen-bond acceptors (Lipinski definition) is 1. The smallest absolute Gasteiger partial charge is 0.127 e. The summed E-state index contributed by atoms with van der Waals surface area (Å²) in [6.07, 6.45) is 8.37. The molecule has 2 aromatic rings. The van der Waals surface area contributed by atoms with Crippen LogP contribution in [0.2, 0.25) is 0 Å². The van der Waals surface area contributed by atoms with Crippen LogP contribution in [-0.4, -0.2) is 11.7 Å². The first kappa shape index (κ1) is 18.1. The minimum absolute atomic E-state index is 0.0224. The zero-order valence-electron chi connectivity index (χ0n) is 15.2. The lowest BCUT2D eigenvalue weighted by Gasteiger charge is -2.28. The highest BCUT2D eigenvalue weighted by molar-refractivity contribution is 5.64. The van der Waals surface area contributed by atoms with Crippen molar-refractivity contribution in [3.8, 4) is 11.1 Å². The molecule has 1 aliphatic rings. The molecule has 2 heteroatoms. The summed E-state index contributed by atoms with van der Waals surface area (Å²) in [5.74, 6) is 1.39. The highest BCUT2D eigenvalue weighted by Gasteiger charge is 2.21. The van der Waals surface area contributed by atoms with Gasteiger partial charge in [0, 0.05) is 6.61 Å². The monoisotopic (exact) mass is 340 g/mol. The van der Waals surface area contributed by atoms with Crippen LogP contribution in [-0.2, 0) is 6.42 Å². The van der Waals surface area contributed by atoms with Crippen molar-refractivity contribution in [1.82, 2.24) is 0 Å². The van der Waals surface area contributed by atoms with E-state index in [-0.39, 0.29) is 12.4 Å². The quantitative estimate of drug-likeness (QED) is 0.673. The van der Waals surface area contributed by atoms with Gasteiger partial charge in [-0.05, 0) is 72.3 Å². The van der Waals surface area contributed by atoms with Gasteiger partial charge in [0.2, 0.25) is 0 Å². The molecule has 1 nitrogen and oxygen atoms in total. The van der Waals surface area contributed by atoms with Gasteiger partial charge in [0.05, 0.1) is 0 Å². The number of rotatable bonds is 6. The Balaban J connectivity index is 1.67. The standard InChI is InChI=1S/C23H29FO/c1-2-3-17-4-6-18(7-5-17)19-8-10-20(11-9-19)22-13-12-21(14-15-25)23(24)16-22/h8-13,16-18,25H,2-7,14-15H2,1H3. The molecule has 1 N–H and O–H groups in total. The summed E-state index contributed by atoms with van der Waals surface area (Å²) in [5.41, 5.74) is 3.96. The molecule has 134 valence electrons. The Bertz CT molecular complexity index is 669. The van der Waals surface area contributed by atoms with Gasteiger partial charge < -0.3 is 5.11 Å². The van der Waals surface area contributed by atoms with Crippen molar-refractivity contribution in [2.75, 3.05) is 6.61 Å². The highest BCUT2D eigenvalue weighted by atomic mass is 19.1. The average molecular weight is 340 g/mol. The summed E-state index contributed by atoms with van der Waals surface area (Å²) < 4.78 is 14.1. The highest BCUT2D eigenvalue weighted by Crippen LogP contribution is 2.38. The van der Waals surface area contributed by atoms with Crippen molar-refractivity contribution in [3.05, 3.63) is 59.4 Å². The van der Waals surface area contributed by atoms with Crippen LogP contribution in [0.15, 0.2) is 42.5 Å². The second-order valence-electron chi connectivity index (χ2n) is 7.41. The summed E-state index contributed by atoms with van der Waals surface area (Å²) in [6.45, 7) is 2.26. The minimum Gasteiger partial charge on any atom is -0.396 e. The Morgan fingerprint density at radius 2 is 1.64 bits per heavy atom. The van der Waals surface area contributed by atoms with Crippen LogP contribution in [0.4, 0.5) is 4.39 Å². The van der Waals surface area contributed by atoms with Crippen LogP contribution in [0.25, 0.3) is 11.1 Å². The maximum absolute atomic E-state index is 14.1. The average Bonchev–Trinajstić information content (AvgIpc) is 2.65. The second-order valence-corrected chi connectivity index (χ2v) is 7.41. The Labute approximate surface area is 150 Å². The number of benzene rings is 2. The molecule has 25 heavy (non-hydrogen) atoms. The van der Waals surface area contributed by atoms with E-state index >= 15 is 0 Å². The van der Waals surface area contributed by atoms with E-state index in [0.717, 1.165) is 17.0 Å². The molecule has 1 saturated carbocycles. The molecule has 2 aromatic carbocycles. The molecular weight excluding hydrogens is 311 g/mol. The van der Waals surface area contributed by atoms with Gasteiger partial charge in [0.25, 0.3) is 0 Å². The van der Waals surface area contributed by atoms with E-state index in [0.29, 0.717) is 17.9 Å². The van der Waals surface area contributed by atoms with Crippen molar-refractivity contribution < 1.29 is 9.50 Å². The van der Waals surface area contributed by atoms with Gasteiger partial charge in [-0.3, -0.25) is 0 Å². The van der Waals surface area contributed by atoms with Crippen molar-refractivity contribution in [3.63, 3.8) is 0 Å². The van der Waals surface area contributed by atoms with Crippen LogP contribution < -0.4 is 0 Å². The molecule has 0 spiro atoms. The SMILES string of the molecule is CCCC1CCC(c2ccc(-c3ccc(CCO)c(F)c3)cc2)CC1. The van der Waals surface area contributed by atoms with E-state index in [1.54, 1.807) is 12.1 Å². The Hall–Kier alpha value is -1.67. The molecule has 0 atom stereocenters. The molecule has 0 heterocycles. The molecule has 0 amide bonds. The molecule has 0 aliphatic heterocycles. The van der Waals surface area contributed by atoms with Crippen molar-refractivity contribution >= 4 is 0 Å². The van der Waals surface area contributed by atoms with Crippen molar-refractivity contribution in [2.45, 2.75) is 57.8 Å². The summed E-state index contributed by atoms with van der Waals surface area (Å²) in [5, 5.41) is 8.96. The zero-order valence-corrected chi connectivity index (χ0v) is 15.2. The maximum Gasteiger partial charge on any atom is 0.127 e. The second kappa shape index (κ2) is 8.62. The largest absolute Gasteiger partial charge is 0.396 e. The van der Waals surface area contributed by atoms with E-state index in [2.05, 4.69) is 31.2 Å². The number of hydrogen-bond donors (Lipinski definition) is 1. The van der Waals surface area contributed by atoms with Crippen LogP contribution in [0.3, 0.4) is 0 Å². The lowest BCUT2D eigenvalue weighted by Crippen LogP contribution is -2.13. The fraction of sp³-hybridized carbons (Fsp3) is 0.478. The topological polar surface area (TPSA) is 20.2 Å². The van der Waals surface area contributed by atoms with Gasteiger partial charge in [-0.25, -0.2) is 4.39 Å². The lowest BCUT2D eigenvalue weighted by atomic mass is 9.77. The van der Waals surface area contributed by atoms with E-state index in [9.17, 15) is 4.39 Å². The third kappa shape index (κ3) is 4.49. The number of halogens is 1.